The summed E-state index contributed by atoms with van der Waals surface area (Å²) >= 11 is 0. The maximum Gasteiger partial charge on any atom is 0.317 e. The van der Waals surface area contributed by atoms with Crippen molar-refractivity contribution in [3.63, 3.8) is 0 Å². The number of hydrogen-bond acceptors (Lipinski definition) is 3. The van der Waals surface area contributed by atoms with Gasteiger partial charge in [0.25, 0.3) is 0 Å². The van der Waals surface area contributed by atoms with E-state index in [9.17, 15) is 9.90 Å². The highest BCUT2D eigenvalue weighted by atomic mass is 16.3. The van der Waals surface area contributed by atoms with Crippen molar-refractivity contribution in [2.75, 3.05) is 26.2 Å². The molecule has 0 bridgehead atoms. The van der Waals surface area contributed by atoms with E-state index in [2.05, 4.69) is 10.2 Å². The topological polar surface area (TPSA) is 55.8 Å². The number of carbonyl (C=O) groups is 1. The van der Waals surface area contributed by atoms with E-state index < -0.39 is 0 Å². The number of urea groups is 1. The van der Waals surface area contributed by atoms with Crippen LogP contribution in [0.3, 0.4) is 0 Å². The molecule has 2 N–H and O–H groups in total. The average molecular weight is 345 g/mol. The van der Waals surface area contributed by atoms with Crippen molar-refractivity contribution in [3.05, 3.63) is 29.8 Å². The first-order chi connectivity index (χ1) is 12.1. The number of aromatic hydroxyl groups is 1. The van der Waals surface area contributed by atoms with Crippen LogP contribution in [0.15, 0.2) is 24.3 Å². The molecule has 2 heterocycles. The Hall–Kier alpha value is -1.75. The minimum absolute atomic E-state index is 0.0670. The summed E-state index contributed by atoms with van der Waals surface area (Å²) in [6.07, 6.45) is 6.90. The van der Waals surface area contributed by atoms with Crippen molar-refractivity contribution < 1.29 is 9.90 Å². The van der Waals surface area contributed by atoms with E-state index >= 15 is 0 Å². The number of phenolic OH excluding ortho intramolecular Hbond substituents is 1. The van der Waals surface area contributed by atoms with E-state index in [-0.39, 0.29) is 17.8 Å². The standard InChI is InChI=1S/C20H31N3O2/c1-16(14-17-7-9-19(24)10-8-17)21-20(25)23-13-3-2-6-18(15-23)22-11-4-5-12-22/h7-10,16,18,24H,2-6,11-15H2,1H3,(H,21,25)/t16-,18-/m0/s1. The summed E-state index contributed by atoms with van der Waals surface area (Å²) in [5, 5.41) is 12.5. The molecular weight excluding hydrogens is 314 g/mol. The smallest absolute Gasteiger partial charge is 0.317 e. The van der Waals surface area contributed by atoms with Gasteiger partial charge in [0, 0.05) is 25.2 Å². The monoisotopic (exact) mass is 345 g/mol. The van der Waals surface area contributed by atoms with E-state index in [1.54, 1.807) is 12.1 Å². The van der Waals surface area contributed by atoms with E-state index in [1.807, 2.05) is 24.0 Å². The number of likely N-dealkylation sites (tertiary alicyclic amines) is 2. The van der Waals surface area contributed by atoms with Gasteiger partial charge in [0.05, 0.1) is 0 Å². The molecule has 0 saturated carbocycles. The number of benzene rings is 1. The Morgan fingerprint density at radius 1 is 1.16 bits per heavy atom. The molecule has 0 radical (unpaired) electrons. The van der Waals surface area contributed by atoms with Gasteiger partial charge in [-0.05, 0) is 69.8 Å². The molecule has 0 aliphatic carbocycles. The van der Waals surface area contributed by atoms with Crippen molar-refractivity contribution in [3.8, 4) is 5.75 Å². The van der Waals surface area contributed by atoms with Gasteiger partial charge in [0.15, 0.2) is 0 Å². The summed E-state index contributed by atoms with van der Waals surface area (Å²) in [4.78, 5) is 17.3. The Bertz CT molecular complexity index is 555. The van der Waals surface area contributed by atoms with Crippen LogP contribution in [0.4, 0.5) is 4.79 Å². The normalized spacial score (nSPS) is 23.2. The molecular formula is C20H31N3O2. The summed E-state index contributed by atoms with van der Waals surface area (Å²) in [6.45, 7) is 6.15. The average Bonchev–Trinajstić information content (AvgIpc) is 3.01. The fraction of sp³-hybridized carbons (Fsp3) is 0.650. The predicted octanol–water partition coefficient (Wildman–Crippen LogP) is 2.98. The maximum atomic E-state index is 12.7. The van der Waals surface area contributed by atoms with Gasteiger partial charge >= 0.3 is 6.03 Å². The number of carbonyl (C=O) groups excluding carboxylic acids is 1. The third kappa shape index (κ3) is 5.11. The number of hydrogen-bond donors (Lipinski definition) is 2. The fourth-order valence-electron chi connectivity index (χ4n) is 4.05. The largest absolute Gasteiger partial charge is 0.508 e. The number of rotatable bonds is 4. The second kappa shape index (κ2) is 8.56. The summed E-state index contributed by atoms with van der Waals surface area (Å²) in [5.41, 5.74) is 1.12. The Morgan fingerprint density at radius 3 is 2.56 bits per heavy atom. The Morgan fingerprint density at radius 2 is 1.84 bits per heavy atom. The van der Waals surface area contributed by atoms with E-state index in [0.29, 0.717) is 6.04 Å². The first kappa shape index (κ1) is 18.1. The lowest BCUT2D eigenvalue weighted by Gasteiger charge is -2.31. The van der Waals surface area contributed by atoms with Crippen LogP contribution < -0.4 is 5.32 Å². The molecule has 25 heavy (non-hydrogen) atoms. The van der Waals surface area contributed by atoms with Gasteiger partial charge in [-0.1, -0.05) is 18.6 Å². The van der Waals surface area contributed by atoms with Crippen LogP contribution in [0, 0.1) is 0 Å². The summed E-state index contributed by atoms with van der Waals surface area (Å²) in [7, 11) is 0. The summed E-state index contributed by atoms with van der Waals surface area (Å²) < 4.78 is 0. The molecule has 0 unspecified atom stereocenters. The molecule has 2 aliphatic rings. The van der Waals surface area contributed by atoms with Crippen LogP contribution in [-0.2, 0) is 6.42 Å². The molecule has 2 saturated heterocycles. The maximum absolute atomic E-state index is 12.7. The quantitative estimate of drug-likeness (QED) is 0.882. The zero-order chi connectivity index (χ0) is 17.6. The highest BCUT2D eigenvalue weighted by Crippen LogP contribution is 2.20. The van der Waals surface area contributed by atoms with Gasteiger partial charge in [-0.25, -0.2) is 4.79 Å². The lowest BCUT2D eigenvalue weighted by molar-refractivity contribution is 0.164. The SMILES string of the molecule is C[C@@H](Cc1ccc(O)cc1)NC(=O)N1CCCC[C@H](N2CCCC2)C1. The first-order valence-corrected chi connectivity index (χ1v) is 9.69. The van der Waals surface area contributed by atoms with Crippen molar-refractivity contribution in [1.29, 1.82) is 0 Å². The first-order valence-electron chi connectivity index (χ1n) is 9.69. The number of nitrogens with one attached hydrogen (secondary N) is 1. The highest BCUT2D eigenvalue weighted by Gasteiger charge is 2.28. The van der Waals surface area contributed by atoms with Gasteiger partial charge in [-0.3, -0.25) is 4.90 Å². The Labute approximate surface area is 151 Å². The predicted molar refractivity (Wildman–Crippen MR) is 99.8 cm³/mol. The molecule has 2 aliphatic heterocycles. The van der Waals surface area contributed by atoms with Gasteiger partial charge in [-0.2, -0.15) is 0 Å². The minimum Gasteiger partial charge on any atom is -0.508 e. The molecule has 0 aromatic heterocycles. The second-order valence-electron chi connectivity index (χ2n) is 7.56. The molecule has 0 spiro atoms. The number of amides is 2. The van der Waals surface area contributed by atoms with Crippen molar-refractivity contribution in [2.24, 2.45) is 0 Å². The van der Waals surface area contributed by atoms with Gasteiger partial charge in [0.1, 0.15) is 5.75 Å². The molecule has 2 fully saturated rings. The minimum atomic E-state index is 0.0670. The highest BCUT2D eigenvalue weighted by molar-refractivity contribution is 5.74. The van der Waals surface area contributed by atoms with Gasteiger partial charge < -0.3 is 15.3 Å². The van der Waals surface area contributed by atoms with Crippen LogP contribution in [0.2, 0.25) is 0 Å². The van der Waals surface area contributed by atoms with Crippen LogP contribution in [0.5, 0.6) is 5.75 Å². The Kier molecular flexibility index (Phi) is 6.19. The van der Waals surface area contributed by atoms with Crippen LogP contribution in [0.25, 0.3) is 0 Å². The fourth-order valence-corrected chi connectivity index (χ4v) is 4.05. The number of phenols is 1. The molecule has 1 aromatic rings. The molecule has 2 amide bonds. The molecule has 2 atom stereocenters. The second-order valence-corrected chi connectivity index (χ2v) is 7.56. The third-order valence-electron chi connectivity index (χ3n) is 5.44. The summed E-state index contributed by atoms with van der Waals surface area (Å²) in [6, 6.07) is 7.88. The number of nitrogens with zero attached hydrogens (tertiary/aromatic N) is 2. The van der Waals surface area contributed by atoms with Crippen molar-refractivity contribution in [1.82, 2.24) is 15.1 Å². The zero-order valence-electron chi connectivity index (χ0n) is 15.3. The van der Waals surface area contributed by atoms with Gasteiger partial charge in [0.2, 0.25) is 0 Å². The molecule has 1 aromatic carbocycles. The molecule has 3 rings (SSSR count). The van der Waals surface area contributed by atoms with Crippen molar-refractivity contribution >= 4 is 6.03 Å². The molecule has 138 valence electrons. The molecule has 5 heteroatoms. The molecule has 5 nitrogen and oxygen atoms in total. The zero-order valence-corrected chi connectivity index (χ0v) is 15.3. The van der Waals surface area contributed by atoms with Crippen LogP contribution in [-0.4, -0.2) is 59.2 Å². The Balaban J connectivity index is 1.52. The van der Waals surface area contributed by atoms with Crippen molar-refractivity contribution in [2.45, 2.75) is 57.5 Å². The van der Waals surface area contributed by atoms with E-state index in [1.165, 1.54) is 38.8 Å². The van der Waals surface area contributed by atoms with Crippen LogP contribution >= 0.6 is 0 Å². The lowest BCUT2D eigenvalue weighted by atomic mass is 10.1. The third-order valence-corrected chi connectivity index (χ3v) is 5.44. The van der Waals surface area contributed by atoms with Gasteiger partial charge in [-0.15, -0.1) is 0 Å². The van der Waals surface area contributed by atoms with E-state index in [4.69, 9.17) is 0 Å². The van der Waals surface area contributed by atoms with E-state index in [0.717, 1.165) is 31.5 Å². The lowest BCUT2D eigenvalue weighted by Crippen LogP contribution is -2.49. The van der Waals surface area contributed by atoms with Crippen LogP contribution in [0.1, 0.15) is 44.6 Å². The summed E-state index contributed by atoms with van der Waals surface area (Å²) in [5.74, 6) is 0.276.